The zero-order chi connectivity index (χ0) is 18.1. The number of nitrogens with zero attached hydrogens (tertiary/aromatic N) is 1. The van der Waals surface area contributed by atoms with Crippen LogP contribution in [0.4, 0.5) is 11.4 Å². The summed E-state index contributed by atoms with van der Waals surface area (Å²) in [4.78, 5) is 21.9. The number of nitrogens with one attached hydrogen (secondary N) is 1. The van der Waals surface area contributed by atoms with Crippen molar-refractivity contribution in [3.05, 3.63) is 62.1 Å². The van der Waals surface area contributed by atoms with Gasteiger partial charge in [0.15, 0.2) is 9.84 Å². The predicted molar refractivity (Wildman–Crippen MR) is 90.6 cm³/mol. The molecule has 24 heavy (non-hydrogen) atoms. The van der Waals surface area contributed by atoms with Gasteiger partial charge in [-0.15, -0.1) is 0 Å². The lowest BCUT2D eigenvalue weighted by Crippen LogP contribution is -2.13. The van der Waals surface area contributed by atoms with Crippen molar-refractivity contribution in [3.63, 3.8) is 0 Å². The Kier molecular flexibility index (Phi) is 5.12. The summed E-state index contributed by atoms with van der Waals surface area (Å²) < 4.78 is 23.1. The van der Waals surface area contributed by atoms with Gasteiger partial charge in [-0.05, 0) is 30.3 Å². The highest BCUT2D eigenvalue weighted by atomic mass is 35.5. The molecule has 0 heterocycles. The highest BCUT2D eigenvalue weighted by Gasteiger charge is 2.24. The summed E-state index contributed by atoms with van der Waals surface area (Å²) in [6.45, 7) is 0. The Morgan fingerprint density at radius 1 is 1.12 bits per heavy atom. The molecular weight excluding hydrogens is 379 g/mol. The summed E-state index contributed by atoms with van der Waals surface area (Å²) in [6.07, 6.45) is 0.852. The molecule has 7 nitrogen and oxygen atoms in total. The number of anilines is 1. The average Bonchev–Trinajstić information content (AvgIpc) is 2.49. The lowest BCUT2D eigenvalue weighted by molar-refractivity contribution is -0.387. The highest BCUT2D eigenvalue weighted by Crippen LogP contribution is 2.27. The van der Waals surface area contributed by atoms with Crippen LogP contribution in [0.2, 0.25) is 10.0 Å². The van der Waals surface area contributed by atoms with Crippen LogP contribution in [0, 0.1) is 10.1 Å². The number of nitro benzene ring substituents is 1. The zero-order valence-electron chi connectivity index (χ0n) is 12.1. The van der Waals surface area contributed by atoms with Crippen LogP contribution in [-0.2, 0) is 9.84 Å². The number of rotatable bonds is 4. The number of nitro groups is 1. The molecule has 0 fully saturated rings. The Hall–Kier alpha value is -2.16. The third kappa shape index (κ3) is 4.02. The minimum Gasteiger partial charge on any atom is -0.322 e. The van der Waals surface area contributed by atoms with Crippen molar-refractivity contribution < 1.29 is 18.1 Å². The van der Waals surface area contributed by atoms with Gasteiger partial charge in [0.1, 0.15) is 4.90 Å². The third-order valence-corrected chi connectivity index (χ3v) is 4.88. The normalized spacial score (nSPS) is 11.1. The number of carbonyl (C=O) groups is 1. The maximum absolute atomic E-state index is 12.2. The first-order valence-corrected chi connectivity index (χ1v) is 8.99. The molecule has 2 rings (SSSR count). The molecule has 0 unspecified atom stereocenters. The molecule has 1 N–H and O–H groups in total. The minimum atomic E-state index is -3.80. The number of carbonyl (C=O) groups excluding carboxylic acids is 1. The Balaban J connectivity index is 2.38. The second kappa shape index (κ2) is 6.76. The molecule has 0 bridgehead atoms. The van der Waals surface area contributed by atoms with Gasteiger partial charge in [-0.1, -0.05) is 23.2 Å². The van der Waals surface area contributed by atoms with Crippen LogP contribution < -0.4 is 5.32 Å². The quantitative estimate of drug-likeness (QED) is 0.636. The van der Waals surface area contributed by atoms with Crippen LogP contribution in [0.5, 0.6) is 0 Å². The summed E-state index contributed by atoms with van der Waals surface area (Å²) in [7, 11) is -3.80. The molecule has 10 heteroatoms. The molecule has 0 radical (unpaired) electrons. The van der Waals surface area contributed by atoms with Crippen LogP contribution in [-0.4, -0.2) is 25.5 Å². The molecule has 0 aromatic heterocycles. The maximum Gasteiger partial charge on any atom is 0.288 e. The van der Waals surface area contributed by atoms with Gasteiger partial charge in [0.25, 0.3) is 11.6 Å². The Bertz CT molecular complexity index is 944. The first kappa shape index (κ1) is 18.2. The van der Waals surface area contributed by atoms with Gasteiger partial charge >= 0.3 is 0 Å². The predicted octanol–water partition coefficient (Wildman–Crippen LogP) is 3.56. The lowest BCUT2D eigenvalue weighted by atomic mass is 10.2. The van der Waals surface area contributed by atoms with E-state index >= 15 is 0 Å². The highest BCUT2D eigenvalue weighted by molar-refractivity contribution is 7.90. The Morgan fingerprint density at radius 2 is 1.79 bits per heavy atom. The van der Waals surface area contributed by atoms with Crippen molar-refractivity contribution in [2.75, 3.05) is 11.6 Å². The molecule has 0 saturated carbocycles. The number of sulfone groups is 1. The number of benzene rings is 2. The van der Waals surface area contributed by atoms with Crippen LogP contribution in [0.1, 0.15) is 10.4 Å². The molecule has 126 valence electrons. The average molecular weight is 389 g/mol. The molecule has 0 aliphatic rings. The summed E-state index contributed by atoms with van der Waals surface area (Å²) in [5, 5.41) is 14.1. The zero-order valence-corrected chi connectivity index (χ0v) is 14.4. The number of hydrogen-bond acceptors (Lipinski definition) is 5. The number of hydrogen-bond donors (Lipinski definition) is 1. The molecule has 0 aliphatic heterocycles. The van der Waals surface area contributed by atoms with Crippen molar-refractivity contribution in [2.24, 2.45) is 0 Å². The molecule has 1 amide bonds. The van der Waals surface area contributed by atoms with E-state index in [0.717, 1.165) is 18.4 Å². The van der Waals surface area contributed by atoms with Crippen molar-refractivity contribution in [1.29, 1.82) is 0 Å². The summed E-state index contributed by atoms with van der Waals surface area (Å²) >= 11 is 11.6. The summed E-state index contributed by atoms with van der Waals surface area (Å²) in [5.41, 5.74) is -0.399. The van der Waals surface area contributed by atoms with E-state index in [1.54, 1.807) is 0 Å². The fourth-order valence-corrected chi connectivity index (χ4v) is 3.02. The van der Waals surface area contributed by atoms with E-state index in [4.69, 9.17) is 23.2 Å². The first-order chi connectivity index (χ1) is 11.1. The SMILES string of the molecule is CS(=O)(=O)c1ccc(C(=O)Nc2ccc(Cl)c(Cl)c2)cc1[N+](=O)[O-]. The van der Waals surface area contributed by atoms with Crippen LogP contribution in [0.25, 0.3) is 0 Å². The van der Waals surface area contributed by atoms with Gasteiger partial charge in [0.2, 0.25) is 0 Å². The third-order valence-electron chi connectivity index (χ3n) is 2.99. The van der Waals surface area contributed by atoms with Crippen LogP contribution in [0.15, 0.2) is 41.3 Å². The molecule has 0 saturated heterocycles. The van der Waals surface area contributed by atoms with Gasteiger partial charge in [-0.2, -0.15) is 0 Å². The molecule has 2 aromatic carbocycles. The van der Waals surface area contributed by atoms with Gasteiger partial charge in [0, 0.05) is 23.6 Å². The second-order valence-electron chi connectivity index (χ2n) is 4.79. The van der Waals surface area contributed by atoms with Gasteiger partial charge in [-0.25, -0.2) is 8.42 Å². The van der Waals surface area contributed by atoms with Gasteiger partial charge < -0.3 is 5.32 Å². The van der Waals surface area contributed by atoms with E-state index in [1.807, 2.05) is 0 Å². The largest absolute Gasteiger partial charge is 0.322 e. The van der Waals surface area contributed by atoms with E-state index in [9.17, 15) is 23.3 Å². The maximum atomic E-state index is 12.2. The van der Waals surface area contributed by atoms with E-state index < -0.39 is 31.3 Å². The molecule has 0 aliphatic carbocycles. The van der Waals surface area contributed by atoms with E-state index in [0.29, 0.717) is 10.7 Å². The van der Waals surface area contributed by atoms with E-state index in [-0.39, 0.29) is 10.6 Å². The number of amides is 1. The minimum absolute atomic E-state index is 0.0693. The fourth-order valence-electron chi connectivity index (χ4n) is 1.89. The van der Waals surface area contributed by atoms with E-state index in [2.05, 4.69) is 5.32 Å². The van der Waals surface area contributed by atoms with E-state index in [1.165, 1.54) is 24.3 Å². The topological polar surface area (TPSA) is 106 Å². The summed E-state index contributed by atoms with van der Waals surface area (Å²) in [5.74, 6) is -0.656. The monoisotopic (exact) mass is 388 g/mol. The lowest BCUT2D eigenvalue weighted by Gasteiger charge is -2.07. The first-order valence-electron chi connectivity index (χ1n) is 6.34. The van der Waals surface area contributed by atoms with Crippen molar-refractivity contribution in [3.8, 4) is 0 Å². The van der Waals surface area contributed by atoms with Gasteiger partial charge in [0.05, 0.1) is 15.0 Å². The van der Waals surface area contributed by atoms with Crippen LogP contribution in [0.3, 0.4) is 0 Å². The smallest absolute Gasteiger partial charge is 0.288 e. The standard InChI is InChI=1S/C14H10Cl2N2O5S/c1-24(22,23)13-5-2-8(6-12(13)18(20)21)14(19)17-9-3-4-10(15)11(16)7-9/h2-7H,1H3,(H,17,19). The van der Waals surface area contributed by atoms with Crippen LogP contribution >= 0.6 is 23.2 Å². The molecule has 2 aromatic rings. The fraction of sp³-hybridized carbons (Fsp3) is 0.0714. The van der Waals surface area contributed by atoms with Gasteiger partial charge in [-0.3, -0.25) is 14.9 Å². The Labute approximate surface area is 147 Å². The molecular formula is C14H10Cl2N2O5S. The summed E-state index contributed by atoms with van der Waals surface area (Å²) in [6, 6.07) is 7.53. The Morgan fingerprint density at radius 3 is 2.33 bits per heavy atom. The molecule has 0 spiro atoms. The second-order valence-corrected chi connectivity index (χ2v) is 7.59. The van der Waals surface area contributed by atoms with Crippen molar-refractivity contribution in [1.82, 2.24) is 0 Å². The number of halogens is 2. The molecule has 0 atom stereocenters. The van der Waals surface area contributed by atoms with Crippen molar-refractivity contribution in [2.45, 2.75) is 4.90 Å². The van der Waals surface area contributed by atoms with Crippen molar-refractivity contribution >= 4 is 50.3 Å².